The first-order valence-electron chi connectivity index (χ1n) is 7.76. The van der Waals surface area contributed by atoms with Crippen LogP contribution in [0, 0.1) is 5.92 Å². The summed E-state index contributed by atoms with van der Waals surface area (Å²) in [5.41, 5.74) is 0. The number of halogens is 1. The molecular weight excluding hydrogens is 328 g/mol. The van der Waals surface area contributed by atoms with E-state index in [1.54, 1.807) is 0 Å². The fourth-order valence-electron chi connectivity index (χ4n) is 3.45. The average Bonchev–Trinajstić information content (AvgIpc) is 2.46. The zero-order chi connectivity index (χ0) is 15.5. The highest BCUT2D eigenvalue weighted by Gasteiger charge is 2.41. The van der Waals surface area contributed by atoms with Crippen LogP contribution in [0.15, 0.2) is 0 Å². The molecule has 0 radical (unpaired) electrons. The highest BCUT2D eigenvalue weighted by atomic mass is 35.5. The molecule has 1 aliphatic heterocycles. The van der Waals surface area contributed by atoms with Crippen molar-refractivity contribution in [2.24, 2.45) is 5.92 Å². The van der Waals surface area contributed by atoms with Crippen molar-refractivity contribution in [3.05, 3.63) is 0 Å². The molecule has 0 aromatic heterocycles. The van der Waals surface area contributed by atoms with Crippen LogP contribution in [-0.2, 0) is 19.6 Å². The average molecular weight is 355 g/mol. The van der Waals surface area contributed by atoms with Crippen LogP contribution in [-0.4, -0.2) is 45.4 Å². The second kappa shape index (κ2) is 8.47. The van der Waals surface area contributed by atoms with E-state index < -0.39 is 27.2 Å². The molecule has 0 aromatic rings. The fraction of sp³-hybridized carbons (Fsp3) is 0.929. The van der Waals surface area contributed by atoms with Crippen LogP contribution in [0.1, 0.15) is 45.4 Å². The maximum absolute atomic E-state index is 12.7. The van der Waals surface area contributed by atoms with Crippen molar-refractivity contribution in [2.75, 3.05) is 13.7 Å². The zero-order valence-corrected chi connectivity index (χ0v) is 14.8. The molecule has 8 heteroatoms. The Balaban J connectivity index is 0.00000242. The normalized spacial score (nSPS) is 32.8. The molecule has 2 fully saturated rings. The number of methoxy groups -OCH3 is 1. The number of esters is 1. The molecule has 4 unspecified atom stereocenters. The van der Waals surface area contributed by atoms with E-state index in [1.165, 1.54) is 7.11 Å². The molecule has 22 heavy (non-hydrogen) atoms. The Morgan fingerprint density at radius 2 is 1.91 bits per heavy atom. The smallest absolute Gasteiger partial charge is 0.310 e. The third-order valence-corrected chi connectivity index (χ3v) is 6.58. The first-order valence-corrected chi connectivity index (χ1v) is 9.31. The third-order valence-electron chi connectivity index (χ3n) is 4.56. The lowest BCUT2D eigenvalue weighted by Gasteiger charge is -2.33. The highest BCUT2D eigenvalue weighted by molar-refractivity contribution is 7.90. The second-order valence-electron chi connectivity index (χ2n) is 6.19. The van der Waals surface area contributed by atoms with Gasteiger partial charge in [-0.05, 0) is 39.2 Å². The van der Waals surface area contributed by atoms with Gasteiger partial charge in [-0.25, -0.2) is 13.1 Å². The molecule has 4 atom stereocenters. The lowest BCUT2D eigenvalue weighted by atomic mass is 9.89. The van der Waals surface area contributed by atoms with Crippen LogP contribution in [0.3, 0.4) is 0 Å². The molecule has 0 spiro atoms. The van der Waals surface area contributed by atoms with Crippen molar-refractivity contribution in [1.29, 1.82) is 0 Å². The fourth-order valence-corrected chi connectivity index (χ4v) is 5.46. The molecule has 1 heterocycles. The third kappa shape index (κ3) is 4.81. The number of ether oxygens (including phenoxy) is 1. The Hall–Kier alpha value is -0.370. The first-order chi connectivity index (χ1) is 9.94. The van der Waals surface area contributed by atoms with Gasteiger partial charge < -0.3 is 10.1 Å². The molecule has 0 bridgehead atoms. The van der Waals surface area contributed by atoms with E-state index in [0.717, 1.165) is 32.2 Å². The lowest BCUT2D eigenvalue weighted by Crippen LogP contribution is -2.51. The van der Waals surface area contributed by atoms with Gasteiger partial charge in [0, 0.05) is 12.1 Å². The van der Waals surface area contributed by atoms with E-state index in [9.17, 15) is 13.2 Å². The summed E-state index contributed by atoms with van der Waals surface area (Å²) < 4.78 is 32.9. The molecule has 130 valence electrons. The summed E-state index contributed by atoms with van der Waals surface area (Å²) in [7, 11) is -2.17. The van der Waals surface area contributed by atoms with Gasteiger partial charge in [-0.3, -0.25) is 4.79 Å². The van der Waals surface area contributed by atoms with Gasteiger partial charge in [-0.1, -0.05) is 12.8 Å². The summed E-state index contributed by atoms with van der Waals surface area (Å²) in [5.74, 6) is -0.927. The number of hydrogen-bond acceptors (Lipinski definition) is 5. The van der Waals surface area contributed by atoms with Crippen molar-refractivity contribution in [1.82, 2.24) is 10.0 Å². The molecule has 0 aromatic carbocycles. The predicted octanol–water partition coefficient (Wildman–Crippen LogP) is 1.20. The molecule has 2 aliphatic rings. The Morgan fingerprint density at radius 1 is 1.23 bits per heavy atom. The SMILES string of the molecule is COC(=O)C1CCCCC1S(=O)(=O)NC1CCNC(C)C1.Cl. The number of nitrogens with one attached hydrogen (secondary N) is 2. The number of sulfonamides is 1. The van der Waals surface area contributed by atoms with E-state index in [2.05, 4.69) is 17.0 Å². The Bertz CT molecular complexity index is 471. The quantitative estimate of drug-likeness (QED) is 0.741. The van der Waals surface area contributed by atoms with E-state index in [-0.39, 0.29) is 18.4 Å². The minimum absolute atomic E-state index is 0. The number of carbonyl (C=O) groups excluding carboxylic acids is 1. The van der Waals surface area contributed by atoms with Crippen molar-refractivity contribution < 1.29 is 17.9 Å². The minimum atomic E-state index is -3.49. The van der Waals surface area contributed by atoms with Crippen LogP contribution in [0.2, 0.25) is 0 Å². The Kier molecular flexibility index (Phi) is 7.58. The van der Waals surface area contributed by atoms with Gasteiger partial charge >= 0.3 is 5.97 Å². The maximum Gasteiger partial charge on any atom is 0.310 e. The zero-order valence-electron chi connectivity index (χ0n) is 13.2. The molecule has 1 saturated carbocycles. The number of hydrogen-bond donors (Lipinski definition) is 2. The summed E-state index contributed by atoms with van der Waals surface area (Å²) in [6.07, 6.45) is 4.45. The van der Waals surface area contributed by atoms with Crippen LogP contribution < -0.4 is 10.0 Å². The molecule has 0 amide bonds. The number of rotatable bonds is 4. The highest BCUT2D eigenvalue weighted by Crippen LogP contribution is 2.30. The van der Waals surface area contributed by atoms with Gasteiger partial charge in [-0.15, -0.1) is 12.4 Å². The van der Waals surface area contributed by atoms with E-state index in [4.69, 9.17) is 4.74 Å². The molecule has 2 rings (SSSR count). The van der Waals surface area contributed by atoms with Crippen molar-refractivity contribution in [3.8, 4) is 0 Å². The number of piperidine rings is 1. The number of carbonyl (C=O) groups is 1. The standard InChI is InChI=1S/C14H26N2O4S.ClH/c1-10-9-11(7-8-15-10)16-21(18,19)13-6-4-3-5-12(13)14(17)20-2;/h10-13,15-16H,3-9H2,1-2H3;1H. The molecule has 1 saturated heterocycles. The molecule has 1 aliphatic carbocycles. The summed E-state index contributed by atoms with van der Waals surface area (Å²) >= 11 is 0. The Labute approximate surface area is 139 Å². The largest absolute Gasteiger partial charge is 0.469 e. The van der Waals surface area contributed by atoms with E-state index in [0.29, 0.717) is 18.9 Å². The Morgan fingerprint density at radius 3 is 2.55 bits per heavy atom. The van der Waals surface area contributed by atoms with Crippen molar-refractivity contribution >= 4 is 28.4 Å². The molecule has 2 N–H and O–H groups in total. The summed E-state index contributed by atoms with van der Waals surface area (Å²) in [6.45, 7) is 2.87. The van der Waals surface area contributed by atoms with Crippen LogP contribution in [0.5, 0.6) is 0 Å². The van der Waals surface area contributed by atoms with Crippen molar-refractivity contribution in [2.45, 2.75) is 62.8 Å². The van der Waals surface area contributed by atoms with Gasteiger partial charge in [0.15, 0.2) is 0 Å². The molecule has 6 nitrogen and oxygen atoms in total. The van der Waals surface area contributed by atoms with Gasteiger partial charge in [0.2, 0.25) is 10.0 Å². The van der Waals surface area contributed by atoms with E-state index in [1.807, 2.05) is 0 Å². The summed E-state index contributed by atoms with van der Waals surface area (Å²) in [4.78, 5) is 11.8. The van der Waals surface area contributed by atoms with Gasteiger partial charge in [0.25, 0.3) is 0 Å². The van der Waals surface area contributed by atoms with Gasteiger partial charge in [-0.2, -0.15) is 0 Å². The van der Waals surface area contributed by atoms with E-state index >= 15 is 0 Å². The second-order valence-corrected chi connectivity index (χ2v) is 8.12. The van der Waals surface area contributed by atoms with Gasteiger partial charge in [0.1, 0.15) is 0 Å². The van der Waals surface area contributed by atoms with Gasteiger partial charge in [0.05, 0.1) is 18.3 Å². The molecular formula is C14H27ClN2O4S. The first kappa shape index (κ1) is 19.7. The topological polar surface area (TPSA) is 84.5 Å². The minimum Gasteiger partial charge on any atom is -0.469 e. The summed E-state index contributed by atoms with van der Waals surface area (Å²) in [5, 5.41) is 2.66. The maximum atomic E-state index is 12.7. The lowest BCUT2D eigenvalue weighted by molar-refractivity contribution is -0.146. The van der Waals surface area contributed by atoms with Crippen LogP contribution >= 0.6 is 12.4 Å². The summed E-state index contributed by atoms with van der Waals surface area (Å²) in [6, 6.07) is 0.278. The van der Waals surface area contributed by atoms with Crippen LogP contribution in [0.4, 0.5) is 0 Å². The predicted molar refractivity (Wildman–Crippen MR) is 87.6 cm³/mol. The monoisotopic (exact) mass is 354 g/mol. The van der Waals surface area contributed by atoms with Crippen LogP contribution in [0.25, 0.3) is 0 Å². The van der Waals surface area contributed by atoms with Crippen molar-refractivity contribution in [3.63, 3.8) is 0 Å².